The fourth-order valence-corrected chi connectivity index (χ4v) is 5.69. The van der Waals surface area contributed by atoms with E-state index in [1.165, 1.54) is 23.5 Å². The summed E-state index contributed by atoms with van der Waals surface area (Å²) in [5, 5.41) is 1.12. The van der Waals surface area contributed by atoms with E-state index in [9.17, 15) is 9.59 Å². The van der Waals surface area contributed by atoms with E-state index >= 15 is 0 Å². The summed E-state index contributed by atoms with van der Waals surface area (Å²) in [6.45, 7) is 0. The van der Waals surface area contributed by atoms with Crippen molar-refractivity contribution in [2.75, 3.05) is 0 Å². The van der Waals surface area contributed by atoms with E-state index in [4.69, 9.17) is 0 Å². The summed E-state index contributed by atoms with van der Waals surface area (Å²) >= 11 is 2.36. The van der Waals surface area contributed by atoms with Crippen LogP contribution < -0.4 is 0 Å². The Hall–Kier alpha value is -3.62. The van der Waals surface area contributed by atoms with Crippen LogP contribution in [-0.2, 0) is 0 Å². The highest BCUT2D eigenvalue weighted by Crippen LogP contribution is 2.42. The third-order valence-corrected chi connectivity index (χ3v) is 7.26. The Labute approximate surface area is 190 Å². The second-order valence-corrected chi connectivity index (χ2v) is 9.18. The van der Waals surface area contributed by atoms with Gasteiger partial charge in [0.2, 0.25) is 11.6 Å². The van der Waals surface area contributed by atoms with Gasteiger partial charge in [-0.1, -0.05) is 48.5 Å². The number of rotatable bonds is 4. The van der Waals surface area contributed by atoms with Crippen LogP contribution in [0.4, 0.5) is 0 Å². The van der Waals surface area contributed by atoms with E-state index in [0.29, 0.717) is 31.3 Å². The normalized spacial score (nSPS) is 13.9. The number of H-pyrrole nitrogens is 2. The zero-order chi connectivity index (χ0) is 21.7. The van der Waals surface area contributed by atoms with Crippen molar-refractivity contribution < 1.29 is 9.59 Å². The molecule has 6 nitrogen and oxygen atoms in total. The van der Waals surface area contributed by atoms with E-state index in [1.54, 1.807) is 24.3 Å². The lowest BCUT2D eigenvalue weighted by molar-refractivity contribution is 0.0988. The minimum atomic E-state index is -0.190. The average molecular weight is 455 g/mol. The summed E-state index contributed by atoms with van der Waals surface area (Å²) in [5.41, 5.74) is 4.17. The van der Waals surface area contributed by atoms with Gasteiger partial charge < -0.3 is 9.97 Å². The number of thioether (sulfide) groups is 2. The van der Waals surface area contributed by atoms with Crippen LogP contribution in [-0.4, -0.2) is 31.5 Å². The Balaban J connectivity index is 1.47. The number of Topliss-reactive ketones (excluding diaryl/α,β-unsaturated/α-hetero) is 2. The molecule has 0 saturated carbocycles. The summed E-state index contributed by atoms with van der Waals surface area (Å²) in [7, 11) is 0. The average Bonchev–Trinajstić information content (AvgIpc) is 3.42. The van der Waals surface area contributed by atoms with Crippen LogP contribution in [0.3, 0.4) is 0 Å². The number of fused-ring (bicyclic) bond motifs is 3. The topological polar surface area (TPSA) is 91.5 Å². The maximum atomic E-state index is 13.4. The highest BCUT2D eigenvalue weighted by molar-refractivity contribution is 8.07. The molecule has 0 radical (unpaired) electrons. The summed E-state index contributed by atoms with van der Waals surface area (Å²) in [6.07, 6.45) is 0. The van der Waals surface area contributed by atoms with Crippen LogP contribution in [0.5, 0.6) is 0 Å². The molecule has 1 aliphatic carbocycles. The van der Waals surface area contributed by atoms with Crippen molar-refractivity contribution in [2.24, 2.45) is 0 Å². The predicted molar refractivity (Wildman–Crippen MR) is 126 cm³/mol. The van der Waals surface area contributed by atoms with Crippen molar-refractivity contribution in [1.29, 1.82) is 0 Å². The zero-order valence-corrected chi connectivity index (χ0v) is 18.1. The number of ketones is 2. The molecule has 32 heavy (non-hydrogen) atoms. The van der Waals surface area contributed by atoms with Crippen molar-refractivity contribution in [3.63, 3.8) is 0 Å². The number of carbonyl (C=O) groups is 2. The predicted octanol–water partition coefficient (Wildman–Crippen LogP) is 5.61. The number of carbonyl (C=O) groups excluding carboxylic acids is 2. The highest BCUT2D eigenvalue weighted by atomic mass is 32.2. The van der Waals surface area contributed by atoms with Gasteiger partial charge in [-0.3, -0.25) is 9.59 Å². The van der Waals surface area contributed by atoms with Crippen LogP contribution >= 0.6 is 23.5 Å². The fourth-order valence-electron chi connectivity index (χ4n) is 3.66. The Bertz CT molecular complexity index is 1400. The van der Waals surface area contributed by atoms with Gasteiger partial charge in [0.05, 0.1) is 31.9 Å². The zero-order valence-electron chi connectivity index (χ0n) is 16.5. The first-order chi connectivity index (χ1) is 15.7. The van der Waals surface area contributed by atoms with Crippen LogP contribution in [0.2, 0.25) is 0 Å². The first-order valence-electron chi connectivity index (χ1n) is 9.85. The monoisotopic (exact) mass is 454 g/mol. The maximum Gasteiger partial charge on any atom is 0.201 e. The summed E-state index contributed by atoms with van der Waals surface area (Å²) in [5.74, 6) is -0.381. The molecule has 2 aromatic heterocycles. The molecular weight excluding hydrogens is 440 g/mol. The number of nitrogens with one attached hydrogen (secondary N) is 2. The van der Waals surface area contributed by atoms with E-state index in [0.717, 1.165) is 22.1 Å². The van der Waals surface area contributed by atoms with Gasteiger partial charge in [0.25, 0.3) is 0 Å². The van der Waals surface area contributed by atoms with Crippen LogP contribution in [0.1, 0.15) is 20.7 Å². The third kappa shape index (κ3) is 3.16. The van der Waals surface area contributed by atoms with Crippen molar-refractivity contribution >= 4 is 57.2 Å². The third-order valence-electron chi connectivity index (χ3n) is 5.17. The molecule has 0 unspecified atom stereocenters. The van der Waals surface area contributed by atoms with Crippen LogP contribution in [0.25, 0.3) is 22.1 Å². The lowest BCUT2D eigenvalue weighted by Gasteiger charge is -2.19. The first kappa shape index (κ1) is 19.1. The van der Waals surface area contributed by atoms with E-state index in [1.807, 2.05) is 48.5 Å². The number of aromatic nitrogens is 4. The molecular formula is C24H14N4O2S2. The molecule has 3 aromatic carbocycles. The number of hydrogen-bond acceptors (Lipinski definition) is 6. The quantitative estimate of drug-likeness (QED) is 0.367. The Morgan fingerprint density at radius 3 is 1.41 bits per heavy atom. The number of aromatic amines is 2. The van der Waals surface area contributed by atoms with Crippen molar-refractivity contribution in [1.82, 2.24) is 19.9 Å². The summed E-state index contributed by atoms with van der Waals surface area (Å²) < 4.78 is 0. The molecule has 0 bridgehead atoms. The smallest absolute Gasteiger partial charge is 0.201 e. The van der Waals surface area contributed by atoms with Gasteiger partial charge in [-0.2, -0.15) is 0 Å². The standard InChI is InChI=1S/C24H14N4O2S2/c29-19-13-7-1-2-8-14(13)20(30)22(32-24-27-17-11-5-6-12-18(17)28-24)21(19)31-23-25-15-9-3-4-10-16(15)26-23/h1-12H,(H,25,26)(H,27,28). The molecule has 0 aliphatic heterocycles. The molecule has 8 heteroatoms. The number of benzene rings is 3. The van der Waals surface area contributed by atoms with Crippen LogP contribution in [0.15, 0.2) is 92.9 Å². The van der Waals surface area contributed by atoms with E-state index in [-0.39, 0.29) is 11.6 Å². The number of allylic oxidation sites excluding steroid dienone is 2. The van der Waals surface area contributed by atoms with Crippen molar-refractivity contribution in [2.45, 2.75) is 10.3 Å². The van der Waals surface area contributed by atoms with Gasteiger partial charge in [0.15, 0.2) is 10.3 Å². The maximum absolute atomic E-state index is 13.4. The van der Waals surface area contributed by atoms with Crippen molar-refractivity contribution in [3.05, 3.63) is 93.7 Å². The number of nitrogens with zero attached hydrogens (tertiary/aromatic N) is 2. The molecule has 0 amide bonds. The first-order valence-corrected chi connectivity index (χ1v) is 11.5. The summed E-state index contributed by atoms with van der Waals surface area (Å²) in [6, 6.07) is 22.2. The van der Waals surface area contributed by atoms with Crippen molar-refractivity contribution in [3.8, 4) is 0 Å². The van der Waals surface area contributed by atoms with Gasteiger partial charge in [-0.25, -0.2) is 9.97 Å². The Kier molecular flexibility index (Phi) is 4.48. The number of imidazole rings is 2. The molecule has 2 N–H and O–H groups in total. The van der Waals surface area contributed by atoms with Gasteiger partial charge >= 0.3 is 0 Å². The molecule has 2 heterocycles. The lowest BCUT2D eigenvalue weighted by atomic mass is 9.94. The number of hydrogen-bond donors (Lipinski definition) is 2. The molecule has 154 valence electrons. The fraction of sp³-hybridized carbons (Fsp3) is 0. The molecule has 0 atom stereocenters. The molecule has 0 saturated heterocycles. The minimum absolute atomic E-state index is 0.190. The SMILES string of the molecule is O=C1C(Sc2nc3ccccc3[nH]2)=C(Sc2nc3ccccc3[nH]2)C(=O)c2ccccc21. The highest BCUT2D eigenvalue weighted by Gasteiger charge is 2.34. The van der Waals surface area contributed by atoms with Crippen LogP contribution in [0, 0.1) is 0 Å². The lowest BCUT2D eigenvalue weighted by Crippen LogP contribution is -2.19. The molecule has 1 aliphatic rings. The molecule has 0 fully saturated rings. The van der Waals surface area contributed by atoms with Gasteiger partial charge in [-0.05, 0) is 47.8 Å². The Morgan fingerprint density at radius 2 is 0.969 bits per heavy atom. The van der Waals surface area contributed by atoms with Gasteiger partial charge in [-0.15, -0.1) is 0 Å². The Morgan fingerprint density at radius 1 is 0.562 bits per heavy atom. The van der Waals surface area contributed by atoms with E-state index in [2.05, 4.69) is 19.9 Å². The molecule has 6 rings (SSSR count). The second-order valence-electron chi connectivity index (χ2n) is 7.18. The second kappa shape index (κ2) is 7.51. The van der Waals surface area contributed by atoms with Gasteiger partial charge in [0.1, 0.15) is 0 Å². The largest absolute Gasteiger partial charge is 0.333 e. The molecule has 5 aromatic rings. The van der Waals surface area contributed by atoms with Gasteiger partial charge in [0, 0.05) is 11.1 Å². The van der Waals surface area contributed by atoms with E-state index < -0.39 is 0 Å². The summed E-state index contributed by atoms with van der Waals surface area (Å²) in [4.78, 5) is 43.2. The minimum Gasteiger partial charge on any atom is -0.333 e. The number of para-hydroxylation sites is 4. The molecule has 0 spiro atoms.